The summed E-state index contributed by atoms with van der Waals surface area (Å²) in [5.41, 5.74) is 8.47. The molecule has 0 amide bonds. The summed E-state index contributed by atoms with van der Waals surface area (Å²) in [5, 5.41) is 6.23. The largest absolute Gasteiger partial charge is 0.376 e. The molecule has 5 aromatic rings. The molecule has 0 aliphatic carbocycles. The standard InChI is InChI=1S/C33H33N3/c1-35(2)32-30(29(24-16-8-5-9-17-24)25-18-10-6-11-19-25)27-22-14-15-23-28(27)31(33(32)36(3)4)34-26-20-12-7-13-21-26/h5-23,29,34H,1-4H3. The van der Waals surface area contributed by atoms with Crippen LogP contribution in [0.1, 0.15) is 22.6 Å². The van der Waals surface area contributed by atoms with Crippen molar-refractivity contribution < 1.29 is 0 Å². The average molecular weight is 472 g/mol. The number of hydrogen-bond acceptors (Lipinski definition) is 3. The summed E-state index contributed by atoms with van der Waals surface area (Å²) in [7, 11) is 8.58. The van der Waals surface area contributed by atoms with Crippen molar-refractivity contribution in [3.63, 3.8) is 0 Å². The zero-order valence-corrected chi connectivity index (χ0v) is 21.4. The van der Waals surface area contributed by atoms with Crippen LogP contribution < -0.4 is 15.1 Å². The molecule has 0 unspecified atom stereocenters. The molecule has 0 bridgehead atoms. The number of nitrogens with zero attached hydrogens (tertiary/aromatic N) is 2. The molecular weight excluding hydrogens is 438 g/mol. The van der Waals surface area contributed by atoms with Crippen LogP contribution in [0.3, 0.4) is 0 Å². The zero-order chi connectivity index (χ0) is 25.1. The van der Waals surface area contributed by atoms with Gasteiger partial charge in [-0.3, -0.25) is 0 Å². The minimum atomic E-state index is 0.0826. The molecule has 0 fully saturated rings. The molecule has 0 spiro atoms. The van der Waals surface area contributed by atoms with Gasteiger partial charge in [-0.05, 0) is 34.2 Å². The van der Waals surface area contributed by atoms with Crippen LogP contribution in [0.5, 0.6) is 0 Å². The summed E-state index contributed by atoms with van der Waals surface area (Å²) in [6.07, 6.45) is 0. The molecule has 0 aliphatic heterocycles. The molecule has 0 radical (unpaired) electrons. The van der Waals surface area contributed by atoms with E-state index in [0.717, 1.165) is 11.4 Å². The molecule has 0 saturated heterocycles. The van der Waals surface area contributed by atoms with Gasteiger partial charge in [0.2, 0.25) is 0 Å². The van der Waals surface area contributed by atoms with E-state index in [1.54, 1.807) is 0 Å². The average Bonchev–Trinajstić information content (AvgIpc) is 2.91. The van der Waals surface area contributed by atoms with Crippen molar-refractivity contribution in [3.8, 4) is 0 Å². The minimum Gasteiger partial charge on any atom is -0.376 e. The third kappa shape index (κ3) is 4.40. The van der Waals surface area contributed by atoms with Gasteiger partial charge in [-0.25, -0.2) is 0 Å². The fraction of sp³-hybridized carbons (Fsp3) is 0.152. The first-order valence-electron chi connectivity index (χ1n) is 12.4. The third-order valence-electron chi connectivity index (χ3n) is 6.69. The van der Waals surface area contributed by atoms with Crippen molar-refractivity contribution >= 4 is 33.5 Å². The summed E-state index contributed by atoms with van der Waals surface area (Å²) in [4.78, 5) is 4.51. The van der Waals surface area contributed by atoms with E-state index in [9.17, 15) is 0 Å². The quantitative estimate of drug-likeness (QED) is 0.243. The van der Waals surface area contributed by atoms with Gasteiger partial charge in [0.1, 0.15) is 0 Å². The van der Waals surface area contributed by atoms with E-state index in [-0.39, 0.29) is 5.92 Å². The van der Waals surface area contributed by atoms with Gasteiger partial charge in [0.05, 0.1) is 17.1 Å². The lowest BCUT2D eigenvalue weighted by molar-refractivity contribution is 0.963. The van der Waals surface area contributed by atoms with Gasteiger partial charge in [0, 0.05) is 45.2 Å². The number of para-hydroxylation sites is 1. The highest BCUT2D eigenvalue weighted by atomic mass is 15.2. The highest BCUT2D eigenvalue weighted by Crippen LogP contribution is 2.50. The number of fused-ring (bicyclic) bond motifs is 1. The van der Waals surface area contributed by atoms with Crippen LogP contribution in [0.4, 0.5) is 22.7 Å². The second-order valence-electron chi connectivity index (χ2n) is 9.57. The monoisotopic (exact) mass is 471 g/mol. The lowest BCUT2D eigenvalue weighted by atomic mass is 9.80. The van der Waals surface area contributed by atoms with Crippen LogP contribution in [0.25, 0.3) is 10.8 Å². The van der Waals surface area contributed by atoms with Crippen LogP contribution in [-0.2, 0) is 0 Å². The predicted octanol–water partition coefficient (Wildman–Crippen LogP) is 7.90. The van der Waals surface area contributed by atoms with Gasteiger partial charge >= 0.3 is 0 Å². The zero-order valence-electron chi connectivity index (χ0n) is 21.4. The van der Waals surface area contributed by atoms with E-state index in [0.29, 0.717) is 0 Å². The molecule has 0 aromatic heterocycles. The molecule has 1 N–H and O–H groups in total. The van der Waals surface area contributed by atoms with Crippen molar-refractivity contribution in [2.75, 3.05) is 43.3 Å². The number of rotatable bonds is 7. The number of nitrogens with one attached hydrogen (secondary N) is 1. The third-order valence-corrected chi connectivity index (χ3v) is 6.69. The van der Waals surface area contributed by atoms with E-state index in [1.807, 2.05) is 0 Å². The molecule has 3 nitrogen and oxygen atoms in total. The summed E-state index contributed by atoms with van der Waals surface area (Å²) in [6.45, 7) is 0. The fourth-order valence-corrected chi connectivity index (χ4v) is 5.23. The van der Waals surface area contributed by atoms with E-state index < -0.39 is 0 Å². The Hall–Kier alpha value is -4.24. The van der Waals surface area contributed by atoms with Crippen LogP contribution in [0.2, 0.25) is 0 Å². The van der Waals surface area contributed by atoms with E-state index >= 15 is 0 Å². The summed E-state index contributed by atoms with van der Waals surface area (Å²) in [6, 6.07) is 41.0. The topological polar surface area (TPSA) is 18.5 Å². The second kappa shape index (κ2) is 10.2. The van der Waals surface area contributed by atoms with Crippen molar-refractivity contribution in [1.29, 1.82) is 0 Å². The highest BCUT2D eigenvalue weighted by molar-refractivity contribution is 6.10. The molecule has 5 rings (SSSR count). The maximum absolute atomic E-state index is 3.77. The van der Waals surface area contributed by atoms with Crippen LogP contribution >= 0.6 is 0 Å². The molecule has 180 valence electrons. The molecule has 36 heavy (non-hydrogen) atoms. The Morgan fingerprint density at radius 3 is 1.44 bits per heavy atom. The minimum absolute atomic E-state index is 0.0826. The van der Waals surface area contributed by atoms with Crippen LogP contribution in [-0.4, -0.2) is 28.2 Å². The Bertz CT molecular complexity index is 1400. The Labute approximate surface area is 214 Å². The van der Waals surface area contributed by atoms with Crippen molar-refractivity contribution in [2.45, 2.75) is 5.92 Å². The summed E-state index contributed by atoms with van der Waals surface area (Å²) in [5.74, 6) is 0.0826. The molecule has 0 heterocycles. The first kappa shape index (κ1) is 23.5. The maximum atomic E-state index is 3.77. The Kier molecular flexibility index (Phi) is 6.64. The molecule has 0 atom stereocenters. The lowest BCUT2D eigenvalue weighted by Gasteiger charge is -2.33. The smallest absolute Gasteiger partial charge is 0.0847 e. The van der Waals surface area contributed by atoms with Gasteiger partial charge in [-0.1, -0.05) is 103 Å². The first-order chi connectivity index (χ1) is 17.6. The number of hydrogen-bond donors (Lipinski definition) is 1. The molecule has 0 aliphatic rings. The highest BCUT2D eigenvalue weighted by Gasteiger charge is 2.29. The SMILES string of the molecule is CN(C)c1c(N(C)C)c(C(c2ccccc2)c2ccccc2)c2ccccc2c1Nc1ccccc1. The van der Waals surface area contributed by atoms with Crippen LogP contribution in [0, 0.1) is 0 Å². The Morgan fingerprint density at radius 2 is 0.944 bits per heavy atom. The summed E-state index contributed by atoms with van der Waals surface area (Å²) < 4.78 is 0. The molecule has 3 heteroatoms. The fourth-order valence-electron chi connectivity index (χ4n) is 5.23. The number of benzene rings is 5. The van der Waals surface area contributed by atoms with Crippen molar-refractivity contribution in [3.05, 3.63) is 132 Å². The predicted molar refractivity (Wildman–Crippen MR) is 156 cm³/mol. The molecule has 5 aromatic carbocycles. The van der Waals surface area contributed by atoms with Crippen molar-refractivity contribution in [1.82, 2.24) is 0 Å². The Balaban J connectivity index is 1.91. The molecular formula is C33H33N3. The van der Waals surface area contributed by atoms with Gasteiger partial charge in [0.25, 0.3) is 0 Å². The maximum Gasteiger partial charge on any atom is 0.0847 e. The van der Waals surface area contributed by atoms with Crippen LogP contribution in [0.15, 0.2) is 115 Å². The lowest BCUT2D eigenvalue weighted by Crippen LogP contribution is -2.22. The van der Waals surface area contributed by atoms with Gasteiger partial charge in [0.15, 0.2) is 0 Å². The normalized spacial score (nSPS) is 11.0. The van der Waals surface area contributed by atoms with E-state index in [2.05, 4.69) is 159 Å². The van der Waals surface area contributed by atoms with Crippen molar-refractivity contribution in [2.24, 2.45) is 0 Å². The first-order valence-corrected chi connectivity index (χ1v) is 12.4. The van der Waals surface area contributed by atoms with Gasteiger partial charge in [-0.15, -0.1) is 0 Å². The van der Waals surface area contributed by atoms with Gasteiger partial charge < -0.3 is 15.1 Å². The Morgan fingerprint density at radius 1 is 0.500 bits per heavy atom. The van der Waals surface area contributed by atoms with E-state index in [4.69, 9.17) is 0 Å². The molecule has 0 saturated carbocycles. The number of anilines is 4. The van der Waals surface area contributed by atoms with E-state index in [1.165, 1.54) is 38.8 Å². The summed E-state index contributed by atoms with van der Waals surface area (Å²) >= 11 is 0. The second-order valence-corrected chi connectivity index (χ2v) is 9.57. The van der Waals surface area contributed by atoms with Gasteiger partial charge in [-0.2, -0.15) is 0 Å².